The van der Waals surface area contributed by atoms with Gasteiger partial charge in [-0.2, -0.15) is 10.3 Å². The number of H-pyrrole nitrogens is 1. The molecule has 2 aromatic carbocycles. The number of hydrogen-bond donors (Lipinski definition) is 3. The van der Waals surface area contributed by atoms with E-state index in [4.69, 9.17) is 26.0 Å². The van der Waals surface area contributed by atoms with Crippen molar-refractivity contribution in [1.29, 1.82) is 10.7 Å². The van der Waals surface area contributed by atoms with E-state index in [9.17, 15) is 9.59 Å². The van der Waals surface area contributed by atoms with E-state index in [0.29, 0.717) is 29.0 Å². The highest BCUT2D eigenvalue weighted by Crippen LogP contribution is 2.34. The molecule has 0 spiro atoms. The molecule has 0 aliphatic rings. The molecule has 1 unspecified atom stereocenters. The molecule has 2 aromatic heterocycles. The third kappa shape index (κ3) is 6.08. The highest BCUT2D eigenvalue weighted by Gasteiger charge is 2.31. The molecule has 4 N–H and O–H groups in total. The van der Waals surface area contributed by atoms with Crippen LogP contribution in [0.4, 0.5) is 5.69 Å². The number of benzene rings is 2. The van der Waals surface area contributed by atoms with E-state index in [2.05, 4.69) is 20.1 Å². The molecule has 0 amide bonds. The van der Waals surface area contributed by atoms with Gasteiger partial charge in [0, 0.05) is 24.9 Å². The lowest BCUT2D eigenvalue weighted by atomic mass is 10.0. The second kappa shape index (κ2) is 11.7. The number of nitrogens with zero attached hydrogens (tertiary/aromatic N) is 6. The summed E-state index contributed by atoms with van der Waals surface area (Å²) in [5.74, 6) is -0.175. The van der Waals surface area contributed by atoms with Crippen LogP contribution in [-0.2, 0) is 16.1 Å². The van der Waals surface area contributed by atoms with Crippen LogP contribution in [0.2, 0.25) is 0 Å². The Morgan fingerprint density at radius 3 is 2.56 bits per heavy atom. The smallest absolute Gasteiger partial charge is 0.350 e. The van der Waals surface area contributed by atoms with Crippen molar-refractivity contribution in [3.8, 4) is 17.8 Å². The van der Waals surface area contributed by atoms with Gasteiger partial charge in [0.15, 0.2) is 18.5 Å². The molecule has 1 atom stereocenters. The number of hydrogen-bond acceptors (Lipinski definition) is 10. The third-order valence-corrected chi connectivity index (χ3v) is 5.55. The molecular weight excluding hydrogens is 502 g/mol. The zero-order valence-corrected chi connectivity index (χ0v) is 21.2. The van der Waals surface area contributed by atoms with E-state index in [1.165, 1.54) is 24.4 Å². The van der Waals surface area contributed by atoms with Crippen LogP contribution in [0.3, 0.4) is 0 Å². The second-order valence-electron chi connectivity index (χ2n) is 8.26. The molecular formula is C26H25N9O4. The van der Waals surface area contributed by atoms with Crippen LogP contribution in [0.15, 0.2) is 65.7 Å². The maximum absolute atomic E-state index is 12.9. The van der Waals surface area contributed by atoms with Crippen molar-refractivity contribution in [3.63, 3.8) is 0 Å². The zero-order chi connectivity index (χ0) is 27.9. The standard InChI is InChI=1S/C26H25N9O4/c1-3-17-13-19(15-21(14-17)38-12-9-27)22(24-32-26(37)34(33-24)25-30-10-4-11-31-25)35(39-16(2)36)20-7-5-18(6-8-20)23(28)29/h4-8,10-11,13-15,22H,3,12H2,1-2H3,(H3,28,29)(H,32,33,37). The number of nitrogens with one attached hydrogen (secondary N) is 2. The van der Waals surface area contributed by atoms with Gasteiger partial charge in [-0.1, -0.05) is 13.0 Å². The Kier molecular flexibility index (Phi) is 7.96. The normalized spacial score (nSPS) is 11.3. The summed E-state index contributed by atoms with van der Waals surface area (Å²) < 4.78 is 6.59. The predicted octanol–water partition coefficient (Wildman–Crippen LogP) is 2.17. The first-order valence-corrected chi connectivity index (χ1v) is 11.8. The second-order valence-corrected chi connectivity index (χ2v) is 8.26. The number of anilines is 1. The number of aromatic amines is 1. The molecule has 13 nitrogen and oxygen atoms in total. The molecule has 0 saturated carbocycles. The molecule has 39 heavy (non-hydrogen) atoms. The van der Waals surface area contributed by atoms with Gasteiger partial charge < -0.3 is 15.3 Å². The molecule has 4 aromatic rings. The number of nitrogens with two attached hydrogens (primary N) is 1. The van der Waals surface area contributed by atoms with Crippen LogP contribution in [-0.4, -0.2) is 43.1 Å². The van der Waals surface area contributed by atoms with Crippen LogP contribution in [0.5, 0.6) is 5.75 Å². The summed E-state index contributed by atoms with van der Waals surface area (Å²) in [6.45, 7) is 3.03. The lowest BCUT2D eigenvalue weighted by molar-refractivity contribution is -0.143. The summed E-state index contributed by atoms with van der Waals surface area (Å²) in [6.07, 6.45) is 3.59. The Bertz CT molecular complexity index is 1570. The molecule has 0 saturated heterocycles. The fraction of sp³-hybridized carbons (Fsp3) is 0.192. The van der Waals surface area contributed by atoms with Gasteiger partial charge in [0.1, 0.15) is 17.7 Å². The summed E-state index contributed by atoms with van der Waals surface area (Å²) in [7, 11) is 0. The van der Waals surface area contributed by atoms with Crippen molar-refractivity contribution in [2.75, 3.05) is 11.7 Å². The summed E-state index contributed by atoms with van der Waals surface area (Å²) >= 11 is 0. The molecule has 0 aliphatic carbocycles. The van der Waals surface area contributed by atoms with E-state index < -0.39 is 17.7 Å². The highest BCUT2D eigenvalue weighted by molar-refractivity contribution is 5.95. The number of nitriles is 1. The Morgan fingerprint density at radius 1 is 1.23 bits per heavy atom. The van der Waals surface area contributed by atoms with E-state index in [-0.39, 0.29) is 24.2 Å². The number of nitrogen functional groups attached to an aromatic ring is 1. The summed E-state index contributed by atoms with van der Waals surface area (Å²) in [6, 6.07) is 14.4. The van der Waals surface area contributed by atoms with E-state index in [1.54, 1.807) is 42.5 Å². The number of carbonyl (C=O) groups is 1. The molecule has 0 aliphatic heterocycles. The number of carbonyl (C=O) groups excluding carboxylic acids is 1. The van der Waals surface area contributed by atoms with Crippen LogP contribution >= 0.6 is 0 Å². The quantitative estimate of drug-likeness (QED) is 0.157. The van der Waals surface area contributed by atoms with Crippen molar-refractivity contribution in [3.05, 3.63) is 93.9 Å². The van der Waals surface area contributed by atoms with Crippen LogP contribution in [0.25, 0.3) is 5.95 Å². The van der Waals surface area contributed by atoms with Gasteiger partial charge in [0.25, 0.3) is 5.95 Å². The molecule has 13 heteroatoms. The Hall–Kier alpha value is -5.51. The van der Waals surface area contributed by atoms with E-state index >= 15 is 0 Å². The van der Waals surface area contributed by atoms with Gasteiger partial charge >= 0.3 is 11.7 Å². The van der Waals surface area contributed by atoms with Gasteiger partial charge in [-0.25, -0.2) is 14.8 Å². The number of amidine groups is 1. The van der Waals surface area contributed by atoms with E-state index in [0.717, 1.165) is 10.2 Å². The van der Waals surface area contributed by atoms with Crippen molar-refractivity contribution in [2.24, 2.45) is 5.73 Å². The minimum atomic E-state index is -0.981. The third-order valence-electron chi connectivity index (χ3n) is 5.55. The monoisotopic (exact) mass is 527 g/mol. The highest BCUT2D eigenvalue weighted by atomic mass is 16.7. The number of ether oxygens (including phenoxy) is 1. The minimum absolute atomic E-state index is 0.0500. The minimum Gasteiger partial charge on any atom is -0.479 e. The topological polar surface area (TPSA) is 189 Å². The van der Waals surface area contributed by atoms with Gasteiger partial charge in [-0.3, -0.25) is 15.2 Å². The summed E-state index contributed by atoms with van der Waals surface area (Å²) in [5, 5.41) is 22.5. The molecule has 0 fully saturated rings. The van der Waals surface area contributed by atoms with Crippen molar-refractivity contribution in [1.82, 2.24) is 24.7 Å². The SMILES string of the molecule is CCc1cc(OCC#N)cc(C(c2nn(-c3ncccn3)c(=O)[nH]2)N(OC(C)=O)c2ccc(C(=N)N)cc2)c1. The first-order chi connectivity index (χ1) is 18.8. The van der Waals surface area contributed by atoms with Crippen molar-refractivity contribution < 1.29 is 14.4 Å². The molecule has 4 rings (SSSR count). The average Bonchev–Trinajstić information content (AvgIpc) is 3.32. The first-order valence-electron chi connectivity index (χ1n) is 11.8. The maximum atomic E-state index is 12.9. The number of aromatic nitrogens is 5. The van der Waals surface area contributed by atoms with Gasteiger partial charge in [-0.15, -0.1) is 9.78 Å². The maximum Gasteiger partial charge on any atom is 0.350 e. The number of aryl methyl sites for hydroxylation is 1. The molecule has 198 valence electrons. The van der Waals surface area contributed by atoms with Crippen molar-refractivity contribution >= 4 is 17.5 Å². The molecule has 2 heterocycles. The summed E-state index contributed by atoms with van der Waals surface area (Å²) in [5.41, 5.74) is 7.30. The van der Waals surface area contributed by atoms with Crippen LogP contribution in [0.1, 0.15) is 42.4 Å². The Labute approximate surface area is 222 Å². The molecule has 0 radical (unpaired) electrons. The Balaban J connectivity index is 1.94. The van der Waals surface area contributed by atoms with Gasteiger partial charge in [0.2, 0.25) is 0 Å². The Morgan fingerprint density at radius 2 is 1.95 bits per heavy atom. The van der Waals surface area contributed by atoms with Crippen molar-refractivity contribution in [2.45, 2.75) is 26.3 Å². The summed E-state index contributed by atoms with van der Waals surface area (Å²) in [4.78, 5) is 41.8. The zero-order valence-electron chi connectivity index (χ0n) is 21.2. The molecule has 0 bridgehead atoms. The number of rotatable bonds is 10. The first kappa shape index (κ1) is 26.6. The van der Waals surface area contributed by atoms with Gasteiger partial charge in [0.05, 0.1) is 5.69 Å². The predicted molar refractivity (Wildman–Crippen MR) is 140 cm³/mol. The van der Waals surface area contributed by atoms with Crippen LogP contribution < -0.4 is 21.2 Å². The van der Waals surface area contributed by atoms with Gasteiger partial charge in [-0.05, 0) is 60.0 Å². The largest absolute Gasteiger partial charge is 0.479 e. The lowest BCUT2D eigenvalue weighted by Gasteiger charge is -2.30. The fourth-order valence-electron chi connectivity index (χ4n) is 3.83. The number of hydroxylamine groups is 1. The lowest BCUT2D eigenvalue weighted by Crippen LogP contribution is -2.33. The average molecular weight is 528 g/mol. The van der Waals surface area contributed by atoms with Crippen LogP contribution in [0, 0.1) is 16.7 Å². The fourth-order valence-corrected chi connectivity index (χ4v) is 3.83. The van der Waals surface area contributed by atoms with E-state index in [1.807, 2.05) is 19.1 Å².